The number of aromatic hydroxyl groups is 1. The number of benzene rings is 6. The summed E-state index contributed by atoms with van der Waals surface area (Å²) in [5, 5.41) is 11.8. The maximum atomic E-state index is 11.8. The molecule has 5 heteroatoms. The van der Waals surface area contributed by atoms with Crippen LogP contribution in [0.2, 0.25) is 0 Å². The molecule has 0 atom stereocenters. The van der Waals surface area contributed by atoms with E-state index in [2.05, 4.69) is 113 Å². The van der Waals surface area contributed by atoms with Crippen LogP contribution < -0.4 is 0 Å². The minimum Gasteiger partial charge on any atom is -0.507 e. The van der Waals surface area contributed by atoms with E-state index >= 15 is 0 Å². The third-order valence-corrected chi connectivity index (χ3v) is 11.5. The smallest absolute Gasteiger partial charge is 0.148 e. The molecule has 6 aromatic carbocycles. The summed E-state index contributed by atoms with van der Waals surface area (Å²) >= 11 is 0. The van der Waals surface area contributed by atoms with Crippen LogP contribution in [-0.4, -0.2) is 19.6 Å². The van der Waals surface area contributed by atoms with Gasteiger partial charge in [-0.3, -0.25) is 9.55 Å². The third kappa shape index (κ3) is 8.66. The van der Waals surface area contributed by atoms with Gasteiger partial charge in [-0.05, 0) is 107 Å². The van der Waals surface area contributed by atoms with E-state index in [1.54, 1.807) is 12.1 Å². The minimum atomic E-state index is -2.33. The summed E-state index contributed by atoms with van der Waals surface area (Å²) in [7, 11) is 0. The first kappa shape index (κ1) is 38.4. The largest absolute Gasteiger partial charge is 0.507 e. The van der Waals surface area contributed by atoms with Crippen LogP contribution in [0.3, 0.4) is 0 Å². The zero-order valence-electron chi connectivity index (χ0n) is 40.7. The zero-order valence-corrected chi connectivity index (χ0v) is 39.0. The summed E-state index contributed by atoms with van der Waals surface area (Å²) < 4.78 is 35.7. The fourth-order valence-corrected chi connectivity index (χ4v) is 8.02. The molecule has 2 heterocycles. The van der Waals surface area contributed by atoms with Crippen molar-refractivity contribution in [3.8, 4) is 67.5 Å². The molecule has 2 aromatic heterocycles. The van der Waals surface area contributed by atoms with Gasteiger partial charge in [-0.15, -0.1) is 29.3 Å². The van der Waals surface area contributed by atoms with Gasteiger partial charge in [0.05, 0.1) is 22.3 Å². The first-order valence-electron chi connectivity index (χ1n) is 22.7. The van der Waals surface area contributed by atoms with Gasteiger partial charge in [-0.25, -0.2) is 4.98 Å². The first-order valence-corrected chi connectivity index (χ1v) is 20.7. The predicted molar refractivity (Wildman–Crippen MR) is 252 cm³/mol. The van der Waals surface area contributed by atoms with Crippen molar-refractivity contribution in [3.63, 3.8) is 0 Å². The maximum Gasteiger partial charge on any atom is 0.148 e. The van der Waals surface area contributed by atoms with Crippen LogP contribution in [0.4, 0.5) is 0 Å². The number of rotatable bonds is 7. The fraction of sp³-hybridized carbons (Fsp3) is 0.250. The number of aryl methyl sites for hydroxylation is 3. The molecule has 0 aliphatic heterocycles. The van der Waals surface area contributed by atoms with Crippen molar-refractivity contribution < 1.29 is 31.7 Å². The second-order valence-electron chi connectivity index (χ2n) is 18.4. The Morgan fingerprint density at radius 2 is 1.34 bits per heavy atom. The summed E-state index contributed by atoms with van der Waals surface area (Å²) in [6, 6.07) is 44.1. The Bertz CT molecular complexity index is 3060. The Morgan fingerprint density at radius 3 is 2.02 bits per heavy atom. The molecule has 0 aliphatic rings. The number of nitrogens with zero attached hydrogens (tertiary/aromatic N) is 3. The maximum absolute atomic E-state index is 11.8. The Labute approximate surface area is 382 Å². The second kappa shape index (κ2) is 16.7. The quantitative estimate of drug-likeness (QED) is 0.162. The molecule has 0 bridgehead atoms. The standard InChI is InChI=1S/C56H56N3O.Pt/c1-34(2)38-16-18-39(19-17-38)41-25-26-57-49(33-41)43-30-42(31-45(32-43)56(9,10)11)46-13-12-14-51-52(46)58-54(48-29-36(4)27-37(5)53(48)60)59(51)50-24-15-35(3)28-47(50)40-20-22-44(23-21-40)55(6,7)8;/h12-29,31-34,60H,1-11H3;/q-1;/i3D3,34D;. The van der Waals surface area contributed by atoms with E-state index in [4.69, 9.17) is 15.5 Å². The van der Waals surface area contributed by atoms with Crippen LogP contribution in [-0.2, 0) is 31.9 Å². The molecule has 0 unspecified atom stereocenters. The Kier molecular flexibility index (Phi) is 10.5. The van der Waals surface area contributed by atoms with Gasteiger partial charge in [-0.1, -0.05) is 151 Å². The summed E-state index contributed by atoms with van der Waals surface area (Å²) in [5.41, 5.74) is 14.7. The Balaban J connectivity index is 0.00000630. The average Bonchev–Trinajstić information content (AvgIpc) is 3.63. The van der Waals surface area contributed by atoms with Gasteiger partial charge in [0.1, 0.15) is 11.6 Å². The van der Waals surface area contributed by atoms with Crippen LogP contribution in [0.15, 0.2) is 128 Å². The number of hydrogen-bond acceptors (Lipinski definition) is 3. The van der Waals surface area contributed by atoms with E-state index < -0.39 is 12.7 Å². The van der Waals surface area contributed by atoms with Gasteiger partial charge < -0.3 is 5.11 Å². The van der Waals surface area contributed by atoms with Gasteiger partial charge in [0.15, 0.2) is 0 Å². The van der Waals surface area contributed by atoms with Gasteiger partial charge in [0.25, 0.3) is 0 Å². The number of phenolic OH excluding ortho intramolecular Hbond substituents is 1. The van der Waals surface area contributed by atoms with E-state index in [0.29, 0.717) is 16.9 Å². The van der Waals surface area contributed by atoms with Crippen LogP contribution >= 0.6 is 0 Å². The summed E-state index contributed by atoms with van der Waals surface area (Å²) in [6.07, 6.45) is 1.83. The molecule has 0 spiro atoms. The molecule has 312 valence electrons. The second-order valence-corrected chi connectivity index (χ2v) is 18.4. The molecule has 0 aliphatic carbocycles. The van der Waals surface area contributed by atoms with E-state index in [0.717, 1.165) is 78.1 Å². The number of phenols is 1. The topological polar surface area (TPSA) is 50.9 Å². The minimum absolute atomic E-state index is 0. The molecule has 8 aromatic rings. The van der Waals surface area contributed by atoms with Crippen molar-refractivity contribution >= 4 is 11.0 Å². The van der Waals surface area contributed by atoms with Gasteiger partial charge in [-0.2, -0.15) is 0 Å². The normalized spacial score (nSPS) is 13.3. The van der Waals surface area contributed by atoms with Crippen molar-refractivity contribution in [3.05, 3.63) is 167 Å². The van der Waals surface area contributed by atoms with Crippen molar-refractivity contribution in [1.82, 2.24) is 14.5 Å². The van der Waals surface area contributed by atoms with Gasteiger partial charge in [0, 0.05) is 44.0 Å². The summed E-state index contributed by atoms with van der Waals surface area (Å²) in [6.45, 7) is 18.5. The number of pyridine rings is 1. The average molecular weight is 986 g/mol. The molecule has 61 heavy (non-hydrogen) atoms. The zero-order chi connectivity index (χ0) is 46.1. The number of hydrogen-bond donors (Lipinski definition) is 1. The Hall–Kier alpha value is -5.57. The van der Waals surface area contributed by atoms with Crippen LogP contribution in [0.1, 0.15) is 100 Å². The van der Waals surface area contributed by atoms with Crippen LogP contribution in [0, 0.1) is 26.8 Å². The van der Waals surface area contributed by atoms with Gasteiger partial charge >= 0.3 is 0 Å². The number of para-hydroxylation sites is 1. The van der Waals surface area contributed by atoms with Crippen molar-refractivity contribution in [1.29, 1.82) is 0 Å². The molecular weight excluding hydrogens is 926 g/mol. The molecule has 0 saturated carbocycles. The predicted octanol–water partition coefficient (Wildman–Crippen LogP) is 14.9. The van der Waals surface area contributed by atoms with Crippen LogP contribution in [0.25, 0.3) is 72.7 Å². The molecule has 8 rings (SSSR count). The van der Waals surface area contributed by atoms with Gasteiger partial charge in [0.2, 0.25) is 0 Å². The summed E-state index contributed by atoms with van der Waals surface area (Å²) in [5.74, 6) is -0.0291. The van der Waals surface area contributed by atoms with Crippen molar-refractivity contribution in [2.45, 2.75) is 92.8 Å². The SMILES string of the molecule is [2H]C([2H])([2H])c1ccc(-n2c(-c3cc(C)cc(C)c3O)nc3c(-c4[c-]c(-c5cc(-c6ccc(C([2H])(C)C)cc6)ccn5)cc(C(C)(C)C)c4)cccc32)c(-c2ccc(C(C)(C)C)cc2)c1.[Pt]. The van der Waals surface area contributed by atoms with Crippen molar-refractivity contribution in [2.24, 2.45) is 0 Å². The monoisotopic (exact) mass is 985 g/mol. The first-order chi connectivity index (χ1) is 30.0. The van der Waals surface area contributed by atoms with E-state index in [1.807, 2.05) is 82.4 Å². The van der Waals surface area contributed by atoms with E-state index in [9.17, 15) is 5.11 Å². The molecule has 0 amide bonds. The molecular formula is C56H56N3OPt-. The molecule has 4 nitrogen and oxygen atoms in total. The van der Waals surface area contributed by atoms with Crippen LogP contribution in [0.5, 0.6) is 5.75 Å². The van der Waals surface area contributed by atoms with E-state index in [1.165, 1.54) is 5.56 Å². The molecule has 1 N–H and O–H groups in total. The number of fused-ring (bicyclic) bond motifs is 1. The summed E-state index contributed by atoms with van der Waals surface area (Å²) in [4.78, 5) is 10.3. The number of aromatic nitrogens is 3. The Morgan fingerprint density at radius 1 is 0.672 bits per heavy atom. The molecule has 0 fully saturated rings. The van der Waals surface area contributed by atoms with E-state index in [-0.39, 0.29) is 43.2 Å². The molecule has 0 radical (unpaired) electrons. The number of imidazole rings is 1. The fourth-order valence-electron chi connectivity index (χ4n) is 8.02. The third-order valence-electron chi connectivity index (χ3n) is 11.5. The van der Waals surface area contributed by atoms with Crippen molar-refractivity contribution in [2.75, 3.05) is 0 Å². The molecule has 0 saturated heterocycles.